The first-order valence-corrected chi connectivity index (χ1v) is 10.2. The van der Waals surface area contributed by atoms with E-state index >= 15 is 0 Å². The summed E-state index contributed by atoms with van der Waals surface area (Å²) in [6.45, 7) is 10.4. The van der Waals surface area contributed by atoms with Crippen LogP contribution in [0.5, 0.6) is 11.5 Å². The van der Waals surface area contributed by atoms with Gasteiger partial charge in [-0.15, -0.1) is 0 Å². The number of halogens is 2. The summed E-state index contributed by atoms with van der Waals surface area (Å²) in [6.07, 6.45) is 4.03. The third-order valence-corrected chi connectivity index (χ3v) is 6.42. The van der Waals surface area contributed by atoms with Crippen molar-refractivity contribution in [3.8, 4) is 11.5 Å². The summed E-state index contributed by atoms with van der Waals surface area (Å²) in [5, 5.41) is 10.7. The van der Waals surface area contributed by atoms with E-state index in [4.69, 9.17) is 4.74 Å². The summed E-state index contributed by atoms with van der Waals surface area (Å²) in [7, 11) is 0. The van der Waals surface area contributed by atoms with Gasteiger partial charge in [-0.1, -0.05) is 52.9 Å². The number of aromatic hydroxyl groups is 1. The number of phenolic OH excluding ortho intramolecular Hbond substituents is 1. The van der Waals surface area contributed by atoms with Gasteiger partial charge >= 0.3 is 6.11 Å². The van der Waals surface area contributed by atoms with Crippen molar-refractivity contribution in [1.82, 2.24) is 0 Å². The Kier molecular flexibility index (Phi) is 8.01. The van der Waals surface area contributed by atoms with E-state index in [1.807, 2.05) is 0 Å². The van der Waals surface area contributed by atoms with E-state index < -0.39 is 17.9 Å². The van der Waals surface area contributed by atoms with E-state index in [1.54, 1.807) is 18.2 Å². The van der Waals surface area contributed by atoms with E-state index in [0.717, 1.165) is 24.0 Å². The number of rotatable bonds is 6. The van der Waals surface area contributed by atoms with Gasteiger partial charge in [0, 0.05) is 38.3 Å². The molecule has 0 saturated carbocycles. The fourth-order valence-corrected chi connectivity index (χ4v) is 4.47. The first-order valence-electron chi connectivity index (χ1n) is 10.2. The van der Waals surface area contributed by atoms with Gasteiger partial charge in [0.15, 0.2) is 0 Å². The molecule has 1 radical (unpaired) electrons. The second-order valence-electron chi connectivity index (χ2n) is 8.37. The maximum absolute atomic E-state index is 14.6. The van der Waals surface area contributed by atoms with Crippen LogP contribution in [0.25, 0.3) is 0 Å². The molecular weight excluding hydrogens is 435 g/mol. The number of phenols is 1. The van der Waals surface area contributed by atoms with Crippen molar-refractivity contribution in [1.29, 1.82) is 0 Å². The van der Waals surface area contributed by atoms with Crippen LogP contribution in [0.2, 0.25) is 0 Å². The number of fused-ring (bicyclic) bond motifs is 3. The van der Waals surface area contributed by atoms with E-state index in [2.05, 4.69) is 27.7 Å². The summed E-state index contributed by atoms with van der Waals surface area (Å²) in [4.78, 5) is 0. The molecule has 0 saturated heterocycles. The molecule has 1 aliphatic carbocycles. The minimum absolute atomic E-state index is 0. The van der Waals surface area contributed by atoms with E-state index in [9.17, 15) is 13.9 Å². The fraction of sp³-hybridized carbons (Fsp3) is 0.609. The van der Waals surface area contributed by atoms with Gasteiger partial charge in [-0.25, -0.2) is 18.6 Å². The van der Waals surface area contributed by atoms with E-state index in [1.165, 1.54) is 12.8 Å². The van der Waals surface area contributed by atoms with Crippen LogP contribution in [0.1, 0.15) is 82.3 Å². The minimum Gasteiger partial charge on any atom is -0.508 e. The van der Waals surface area contributed by atoms with Gasteiger partial charge < -0.3 is 9.84 Å². The molecule has 1 N–H and O–H groups in total. The summed E-state index contributed by atoms with van der Waals surface area (Å²) in [5.74, 6) is -0.736. The van der Waals surface area contributed by atoms with Crippen LogP contribution in [0, 0.1) is 18.8 Å². The molecule has 0 amide bonds. The number of hydrogen-bond acceptors (Lipinski definition) is 2. The number of allylic oxidation sites excluding steroid dienone is 2. The number of ether oxygens (including phenoxy) is 1. The smallest absolute Gasteiger partial charge is 0.400 e. The molecule has 4 atom stereocenters. The van der Waals surface area contributed by atoms with Gasteiger partial charge in [0.05, 0.1) is 5.92 Å². The van der Waals surface area contributed by atoms with E-state index in [0.29, 0.717) is 24.3 Å². The normalized spacial score (nSPS) is 24.7. The predicted molar refractivity (Wildman–Crippen MR) is 104 cm³/mol. The maximum Gasteiger partial charge on any atom is 0.400 e. The van der Waals surface area contributed by atoms with Crippen molar-refractivity contribution >= 4 is 0 Å². The van der Waals surface area contributed by atoms with Crippen molar-refractivity contribution in [2.45, 2.75) is 77.2 Å². The molecule has 1 aromatic rings. The van der Waals surface area contributed by atoms with Crippen molar-refractivity contribution in [2.75, 3.05) is 0 Å². The number of benzene rings is 1. The number of alkyl halides is 2. The molecule has 2 nitrogen and oxygen atoms in total. The van der Waals surface area contributed by atoms with Gasteiger partial charge in [-0.3, -0.25) is 0 Å². The molecule has 0 spiro atoms. The molecule has 1 aromatic carbocycles. The van der Waals surface area contributed by atoms with Gasteiger partial charge in [0.1, 0.15) is 11.5 Å². The molecule has 1 aliphatic heterocycles. The van der Waals surface area contributed by atoms with Crippen LogP contribution in [0.4, 0.5) is 8.78 Å². The summed E-state index contributed by atoms with van der Waals surface area (Å²) < 4.78 is 34.4. The molecular formula is C23H31F2O2Y-. The Morgan fingerprint density at radius 3 is 2.68 bits per heavy atom. The molecule has 0 aromatic heterocycles. The summed E-state index contributed by atoms with van der Waals surface area (Å²) >= 11 is 0. The standard InChI is InChI=1S/C23H31F2O2.Y/c1-5-6-7-8-15(3)16(4)17-12-20(26)22-18-11-14(2)9-10-19(18)23(24,25)27-21(22)13-17;/h11-13,15-16,18-19,26H,2,5-10H2,1,3-4H3;/q-1;. The van der Waals surface area contributed by atoms with E-state index in [-0.39, 0.29) is 50.1 Å². The SMILES string of the molecule is [CH2-]C1=CC2c3c(O)cc(C(C)C(C)CCCCC)cc3OC(F)(F)C2CC1.[Y]. The first kappa shape index (κ1) is 23.7. The predicted octanol–water partition coefficient (Wildman–Crippen LogP) is 6.95. The third kappa shape index (κ3) is 4.75. The first-order chi connectivity index (χ1) is 12.7. The molecule has 2 aliphatic rings. The zero-order valence-electron chi connectivity index (χ0n) is 17.2. The molecule has 4 unspecified atom stereocenters. The molecule has 1 heterocycles. The molecule has 3 rings (SSSR count). The number of unbranched alkanes of at least 4 members (excludes halogenated alkanes) is 2. The average molecular weight is 466 g/mol. The van der Waals surface area contributed by atoms with Crippen molar-refractivity contribution < 1.29 is 51.3 Å². The Morgan fingerprint density at radius 2 is 2.00 bits per heavy atom. The Bertz CT molecular complexity index is 717. The van der Waals surface area contributed by atoms with Crippen LogP contribution >= 0.6 is 0 Å². The molecule has 0 bridgehead atoms. The zero-order valence-corrected chi connectivity index (χ0v) is 20.0. The van der Waals surface area contributed by atoms with Crippen molar-refractivity contribution in [2.24, 2.45) is 11.8 Å². The van der Waals surface area contributed by atoms with Crippen LogP contribution in [-0.4, -0.2) is 11.2 Å². The molecule has 28 heavy (non-hydrogen) atoms. The number of hydrogen-bond donors (Lipinski definition) is 1. The van der Waals surface area contributed by atoms with Crippen LogP contribution in [-0.2, 0) is 32.7 Å². The van der Waals surface area contributed by atoms with Gasteiger partial charge in [-0.2, -0.15) is 8.78 Å². The quantitative estimate of drug-likeness (QED) is 0.363. The summed E-state index contributed by atoms with van der Waals surface area (Å²) in [5.41, 5.74) is 2.20. The zero-order chi connectivity index (χ0) is 19.8. The largest absolute Gasteiger partial charge is 0.508 e. The second kappa shape index (κ2) is 9.47. The average Bonchev–Trinajstić information content (AvgIpc) is 2.59. The maximum atomic E-state index is 14.6. The molecule has 153 valence electrons. The topological polar surface area (TPSA) is 29.5 Å². The Labute approximate surface area is 193 Å². The van der Waals surface area contributed by atoms with Gasteiger partial charge in [0.2, 0.25) is 0 Å². The fourth-order valence-electron chi connectivity index (χ4n) is 4.47. The van der Waals surface area contributed by atoms with Crippen LogP contribution in [0.15, 0.2) is 23.8 Å². The van der Waals surface area contributed by atoms with Crippen LogP contribution in [0.3, 0.4) is 0 Å². The minimum atomic E-state index is -3.23. The van der Waals surface area contributed by atoms with Crippen LogP contribution < -0.4 is 4.74 Å². The second-order valence-corrected chi connectivity index (χ2v) is 8.37. The van der Waals surface area contributed by atoms with Crippen molar-refractivity contribution in [3.63, 3.8) is 0 Å². The van der Waals surface area contributed by atoms with Gasteiger partial charge in [0.25, 0.3) is 0 Å². The molecule has 5 heteroatoms. The monoisotopic (exact) mass is 466 g/mol. The Morgan fingerprint density at radius 1 is 1.29 bits per heavy atom. The van der Waals surface area contributed by atoms with Crippen molar-refractivity contribution in [3.05, 3.63) is 41.8 Å². The Balaban J connectivity index is 0.00000280. The Hall–Kier alpha value is -0.606. The summed E-state index contributed by atoms with van der Waals surface area (Å²) in [6, 6.07) is 3.46. The van der Waals surface area contributed by atoms with Gasteiger partial charge in [-0.05, 0) is 41.9 Å². The molecule has 0 fully saturated rings. The third-order valence-electron chi connectivity index (χ3n) is 6.42.